The smallest absolute Gasteiger partial charge is 0.410 e. The summed E-state index contributed by atoms with van der Waals surface area (Å²) in [7, 11) is 1.78. The molecule has 0 spiro atoms. The van der Waals surface area contributed by atoms with Gasteiger partial charge in [-0.3, -0.25) is 19.7 Å². The van der Waals surface area contributed by atoms with E-state index in [1.807, 2.05) is 42.5 Å². The Morgan fingerprint density at radius 3 is 2.61 bits per heavy atom. The monoisotopic (exact) mass is 518 g/mol. The number of rotatable bonds is 8. The van der Waals surface area contributed by atoms with Crippen LogP contribution in [-0.4, -0.2) is 59.4 Å². The van der Waals surface area contributed by atoms with E-state index in [2.05, 4.69) is 10.6 Å². The number of piperidine rings is 1. The van der Waals surface area contributed by atoms with Crippen LogP contribution in [-0.2, 0) is 27.4 Å². The fourth-order valence-corrected chi connectivity index (χ4v) is 5.60. The Balaban J connectivity index is 1.22. The highest BCUT2D eigenvalue weighted by atomic mass is 16.6. The van der Waals surface area contributed by atoms with Crippen LogP contribution < -0.4 is 10.6 Å². The molecule has 2 atom stereocenters. The Bertz CT molecular complexity index is 1210. The molecular formula is C29H34N4O5. The average Bonchev–Trinajstić information content (AvgIpc) is 3.54. The molecule has 4 amide bonds. The summed E-state index contributed by atoms with van der Waals surface area (Å²) < 4.78 is 5.75. The van der Waals surface area contributed by atoms with Crippen LogP contribution in [0.15, 0.2) is 48.5 Å². The van der Waals surface area contributed by atoms with Gasteiger partial charge in [0.1, 0.15) is 12.1 Å². The number of imide groups is 1. The molecule has 2 heterocycles. The second-order valence-electron chi connectivity index (χ2n) is 10.3. The van der Waals surface area contributed by atoms with Crippen molar-refractivity contribution >= 4 is 23.8 Å². The highest BCUT2D eigenvalue weighted by Crippen LogP contribution is 2.29. The molecule has 200 valence electrons. The quantitative estimate of drug-likeness (QED) is 0.520. The van der Waals surface area contributed by atoms with Crippen molar-refractivity contribution in [1.82, 2.24) is 20.4 Å². The Labute approximate surface area is 222 Å². The zero-order valence-electron chi connectivity index (χ0n) is 21.7. The summed E-state index contributed by atoms with van der Waals surface area (Å²) in [5.41, 5.74) is 3.49. The van der Waals surface area contributed by atoms with E-state index < -0.39 is 11.9 Å². The van der Waals surface area contributed by atoms with Crippen molar-refractivity contribution in [2.75, 3.05) is 13.6 Å². The normalized spacial score (nSPS) is 20.3. The average molecular weight is 519 g/mol. The molecular weight excluding hydrogens is 484 g/mol. The van der Waals surface area contributed by atoms with Crippen LogP contribution in [0.1, 0.15) is 71.6 Å². The molecule has 3 aliphatic rings. The first-order valence-electron chi connectivity index (χ1n) is 13.4. The van der Waals surface area contributed by atoms with E-state index in [-0.39, 0.29) is 36.5 Å². The molecule has 2 fully saturated rings. The third kappa shape index (κ3) is 5.57. The number of carbonyl (C=O) groups is 4. The SMILES string of the molecule is CN(C(=O)OC1CCCC1)C(CNCc1ccc2c(c1)CN(C1CCC(=O)NC1=O)C2=O)c1ccccc1. The molecule has 9 nitrogen and oxygen atoms in total. The van der Waals surface area contributed by atoms with Gasteiger partial charge < -0.3 is 19.9 Å². The van der Waals surface area contributed by atoms with E-state index >= 15 is 0 Å². The minimum atomic E-state index is -0.625. The number of hydrogen-bond acceptors (Lipinski definition) is 6. The maximum atomic E-state index is 13.0. The largest absolute Gasteiger partial charge is 0.446 e. The van der Waals surface area contributed by atoms with Gasteiger partial charge in [0.15, 0.2) is 0 Å². The Morgan fingerprint density at radius 1 is 1.11 bits per heavy atom. The number of carbonyl (C=O) groups excluding carboxylic acids is 4. The maximum Gasteiger partial charge on any atom is 0.410 e. The standard InChI is InChI=1S/C29H34N4O5/c1-32(29(37)38-22-9-5-6-10-22)25(20-7-3-2-4-8-20)17-30-16-19-11-12-23-21(15-19)18-33(28(23)36)24-13-14-26(34)31-27(24)35/h2-4,7-8,11-12,15,22,24-25,30H,5-6,9-10,13-14,16-18H2,1H3,(H,31,34,35). The van der Waals surface area contributed by atoms with E-state index in [1.165, 1.54) is 0 Å². The van der Waals surface area contributed by atoms with E-state index in [0.717, 1.165) is 42.4 Å². The fraction of sp³-hybridized carbons (Fsp3) is 0.448. The first-order valence-corrected chi connectivity index (χ1v) is 13.4. The van der Waals surface area contributed by atoms with Crippen molar-refractivity contribution in [3.63, 3.8) is 0 Å². The van der Waals surface area contributed by atoms with Crippen molar-refractivity contribution < 1.29 is 23.9 Å². The molecule has 9 heteroatoms. The van der Waals surface area contributed by atoms with Gasteiger partial charge in [0.05, 0.1) is 6.04 Å². The van der Waals surface area contributed by atoms with Crippen LogP contribution in [0, 0.1) is 0 Å². The van der Waals surface area contributed by atoms with Crippen molar-refractivity contribution in [3.05, 3.63) is 70.8 Å². The van der Waals surface area contributed by atoms with Crippen molar-refractivity contribution in [1.29, 1.82) is 0 Å². The molecule has 2 aromatic rings. The zero-order valence-corrected chi connectivity index (χ0v) is 21.7. The van der Waals surface area contributed by atoms with Gasteiger partial charge in [-0.2, -0.15) is 0 Å². The lowest BCUT2D eigenvalue weighted by atomic mass is 10.0. The maximum absolute atomic E-state index is 13.0. The number of amides is 4. The Kier molecular flexibility index (Phi) is 7.74. The summed E-state index contributed by atoms with van der Waals surface area (Å²) in [4.78, 5) is 52.9. The highest BCUT2D eigenvalue weighted by molar-refractivity contribution is 6.05. The lowest BCUT2D eigenvalue weighted by Crippen LogP contribution is -2.52. The molecule has 0 aromatic heterocycles. The summed E-state index contributed by atoms with van der Waals surface area (Å²) >= 11 is 0. The molecule has 1 saturated heterocycles. The number of nitrogens with one attached hydrogen (secondary N) is 2. The van der Waals surface area contributed by atoms with Crippen LogP contribution in [0.4, 0.5) is 4.79 Å². The third-order valence-electron chi connectivity index (χ3n) is 7.76. The van der Waals surface area contributed by atoms with Gasteiger partial charge in [0.2, 0.25) is 11.8 Å². The van der Waals surface area contributed by atoms with Crippen molar-refractivity contribution in [3.8, 4) is 0 Å². The molecule has 1 aliphatic carbocycles. The first kappa shape index (κ1) is 25.9. The zero-order chi connectivity index (χ0) is 26.6. The number of nitrogens with zero attached hydrogens (tertiary/aromatic N) is 2. The number of benzene rings is 2. The molecule has 0 bridgehead atoms. The molecule has 2 aromatic carbocycles. The predicted molar refractivity (Wildman–Crippen MR) is 140 cm³/mol. The van der Waals surface area contributed by atoms with E-state index in [9.17, 15) is 19.2 Å². The van der Waals surface area contributed by atoms with Crippen LogP contribution in [0.2, 0.25) is 0 Å². The van der Waals surface area contributed by atoms with E-state index in [0.29, 0.717) is 31.6 Å². The van der Waals surface area contributed by atoms with Gasteiger partial charge in [-0.05, 0) is 54.9 Å². The summed E-state index contributed by atoms with van der Waals surface area (Å²) in [6.07, 6.45) is 4.32. The Hall–Kier alpha value is -3.72. The predicted octanol–water partition coefficient (Wildman–Crippen LogP) is 3.29. The van der Waals surface area contributed by atoms with Gasteiger partial charge in [-0.15, -0.1) is 0 Å². The van der Waals surface area contributed by atoms with Crippen LogP contribution in [0.5, 0.6) is 0 Å². The fourth-order valence-electron chi connectivity index (χ4n) is 5.60. The second kappa shape index (κ2) is 11.3. The molecule has 2 aliphatic heterocycles. The molecule has 0 radical (unpaired) electrons. The minimum Gasteiger partial charge on any atom is -0.446 e. The summed E-state index contributed by atoms with van der Waals surface area (Å²) in [5.74, 6) is -0.887. The van der Waals surface area contributed by atoms with Gasteiger partial charge >= 0.3 is 6.09 Å². The van der Waals surface area contributed by atoms with Crippen LogP contribution >= 0.6 is 0 Å². The van der Waals surface area contributed by atoms with Gasteiger partial charge in [0, 0.05) is 38.7 Å². The van der Waals surface area contributed by atoms with Crippen LogP contribution in [0.25, 0.3) is 0 Å². The third-order valence-corrected chi connectivity index (χ3v) is 7.76. The second-order valence-corrected chi connectivity index (χ2v) is 10.3. The summed E-state index contributed by atoms with van der Waals surface area (Å²) in [6.45, 7) is 1.42. The van der Waals surface area contributed by atoms with Gasteiger partial charge in [-0.1, -0.05) is 42.5 Å². The number of hydrogen-bond donors (Lipinski definition) is 2. The van der Waals surface area contributed by atoms with Gasteiger partial charge in [0.25, 0.3) is 5.91 Å². The number of fused-ring (bicyclic) bond motifs is 1. The topological polar surface area (TPSA) is 108 Å². The molecule has 2 unspecified atom stereocenters. The lowest BCUT2D eigenvalue weighted by Gasteiger charge is -2.29. The van der Waals surface area contributed by atoms with Crippen molar-refractivity contribution in [2.45, 2.75) is 69.8 Å². The highest BCUT2D eigenvalue weighted by Gasteiger charge is 2.39. The molecule has 2 N–H and O–H groups in total. The van der Waals surface area contributed by atoms with Crippen molar-refractivity contribution in [2.24, 2.45) is 0 Å². The van der Waals surface area contributed by atoms with E-state index in [4.69, 9.17) is 4.74 Å². The van der Waals surface area contributed by atoms with Crippen LogP contribution in [0.3, 0.4) is 0 Å². The first-order chi connectivity index (χ1) is 18.4. The minimum absolute atomic E-state index is 0.00296. The number of likely N-dealkylation sites (N-methyl/N-ethyl adjacent to an activating group) is 1. The number of ether oxygens (including phenoxy) is 1. The summed E-state index contributed by atoms with van der Waals surface area (Å²) in [5, 5.41) is 5.80. The summed E-state index contributed by atoms with van der Waals surface area (Å²) in [6, 6.07) is 14.8. The van der Waals surface area contributed by atoms with Gasteiger partial charge in [-0.25, -0.2) is 4.79 Å². The molecule has 38 heavy (non-hydrogen) atoms. The van der Waals surface area contributed by atoms with E-state index in [1.54, 1.807) is 22.9 Å². The molecule has 1 saturated carbocycles. The Morgan fingerprint density at radius 2 is 1.87 bits per heavy atom. The molecule has 5 rings (SSSR count). The lowest BCUT2D eigenvalue weighted by molar-refractivity contribution is -0.136.